The highest BCUT2D eigenvalue weighted by Crippen LogP contribution is 2.12. The van der Waals surface area contributed by atoms with Gasteiger partial charge in [-0.1, -0.05) is 0 Å². The van der Waals surface area contributed by atoms with Crippen molar-refractivity contribution >= 4 is 23.6 Å². The number of nitrogens with zero attached hydrogens (tertiary/aromatic N) is 1. The van der Waals surface area contributed by atoms with Gasteiger partial charge in [0.25, 0.3) is 5.69 Å². The SMILES string of the molecule is C[C@@H](NC(=O)/C=C/c1ccc([N+](=O)[O-])cc1)C(=O)O. The topological polar surface area (TPSA) is 110 Å². The maximum Gasteiger partial charge on any atom is 0.325 e. The average Bonchev–Trinajstić information content (AvgIpc) is 2.36. The Balaban J connectivity index is 2.63. The van der Waals surface area contributed by atoms with Crippen molar-refractivity contribution in [1.29, 1.82) is 0 Å². The number of hydrogen-bond acceptors (Lipinski definition) is 4. The summed E-state index contributed by atoms with van der Waals surface area (Å²) in [5.41, 5.74) is 0.560. The van der Waals surface area contributed by atoms with Crippen LogP contribution in [0.2, 0.25) is 0 Å². The molecule has 0 spiro atoms. The molecule has 1 aromatic rings. The van der Waals surface area contributed by atoms with Crippen LogP contribution >= 0.6 is 0 Å². The fraction of sp³-hybridized carbons (Fsp3) is 0.167. The molecule has 2 N–H and O–H groups in total. The molecule has 0 aromatic heterocycles. The largest absolute Gasteiger partial charge is 0.480 e. The summed E-state index contributed by atoms with van der Waals surface area (Å²) in [5, 5.41) is 21.3. The summed E-state index contributed by atoms with van der Waals surface area (Å²) in [7, 11) is 0. The van der Waals surface area contributed by atoms with E-state index in [9.17, 15) is 19.7 Å². The van der Waals surface area contributed by atoms with Gasteiger partial charge < -0.3 is 10.4 Å². The Bertz CT molecular complexity index is 521. The number of nitrogens with one attached hydrogen (secondary N) is 1. The molecule has 1 atom stereocenters. The Morgan fingerprint density at radius 2 is 1.95 bits per heavy atom. The molecule has 1 rings (SSSR count). The van der Waals surface area contributed by atoms with Gasteiger partial charge in [-0.15, -0.1) is 0 Å². The van der Waals surface area contributed by atoms with Crippen molar-refractivity contribution in [1.82, 2.24) is 5.32 Å². The highest BCUT2D eigenvalue weighted by Gasteiger charge is 2.11. The molecule has 0 aliphatic heterocycles. The number of non-ortho nitro benzene ring substituents is 1. The molecule has 1 amide bonds. The second-order valence-electron chi connectivity index (χ2n) is 3.75. The lowest BCUT2D eigenvalue weighted by molar-refractivity contribution is -0.384. The molecule has 0 heterocycles. The minimum absolute atomic E-state index is 0.0406. The van der Waals surface area contributed by atoms with E-state index in [1.54, 1.807) is 0 Å². The van der Waals surface area contributed by atoms with E-state index < -0.39 is 22.8 Å². The summed E-state index contributed by atoms with van der Waals surface area (Å²) >= 11 is 0. The van der Waals surface area contributed by atoms with Crippen LogP contribution in [-0.4, -0.2) is 27.9 Å². The van der Waals surface area contributed by atoms with Gasteiger partial charge in [-0.05, 0) is 30.7 Å². The monoisotopic (exact) mass is 264 g/mol. The predicted molar refractivity (Wildman–Crippen MR) is 67.4 cm³/mol. The van der Waals surface area contributed by atoms with Crippen molar-refractivity contribution in [3.05, 3.63) is 46.0 Å². The van der Waals surface area contributed by atoms with Crippen molar-refractivity contribution in [2.45, 2.75) is 13.0 Å². The second kappa shape index (κ2) is 6.29. The number of nitro groups is 1. The Kier molecular flexibility index (Phi) is 4.76. The van der Waals surface area contributed by atoms with E-state index in [0.717, 1.165) is 0 Å². The van der Waals surface area contributed by atoms with Gasteiger partial charge in [0.2, 0.25) is 5.91 Å². The van der Waals surface area contributed by atoms with Gasteiger partial charge in [-0.2, -0.15) is 0 Å². The van der Waals surface area contributed by atoms with Crippen LogP contribution < -0.4 is 5.32 Å². The van der Waals surface area contributed by atoms with Crippen LogP contribution in [0.15, 0.2) is 30.3 Å². The average molecular weight is 264 g/mol. The standard InChI is InChI=1S/C12H12N2O5/c1-8(12(16)17)13-11(15)7-4-9-2-5-10(6-3-9)14(18)19/h2-8H,1H3,(H,13,15)(H,16,17)/b7-4+/t8-/m1/s1. The number of nitro benzene ring substituents is 1. The molecular weight excluding hydrogens is 252 g/mol. The third-order valence-corrected chi connectivity index (χ3v) is 2.26. The number of aliphatic carboxylic acids is 1. The van der Waals surface area contributed by atoms with Crippen LogP contribution in [-0.2, 0) is 9.59 Å². The van der Waals surface area contributed by atoms with Crippen LogP contribution in [0.25, 0.3) is 6.08 Å². The lowest BCUT2D eigenvalue weighted by Crippen LogP contribution is -2.37. The molecule has 1 aromatic carbocycles. The molecule has 0 fully saturated rings. The Morgan fingerprint density at radius 1 is 1.37 bits per heavy atom. The molecule has 0 saturated carbocycles. The smallest absolute Gasteiger partial charge is 0.325 e. The van der Waals surface area contributed by atoms with Gasteiger partial charge in [0.05, 0.1) is 4.92 Å². The summed E-state index contributed by atoms with van der Waals surface area (Å²) in [6.45, 7) is 1.35. The zero-order chi connectivity index (χ0) is 14.4. The summed E-state index contributed by atoms with van der Waals surface area (Å²) in [6.07, 6.45) is 2.61. The highest BCUT2D eigenvalue weighted by molar-refractivity contribution is 5.94. The second-order valence-corrected chi connectivity index (χ2v) is 3.75. The third kappa shape index (κ3) is 4.58. The maximum absolute atomic E-state index is 11.3. The summed E-state index contributed by atoms with van der Waals surface area (Å²) in [5.74, 6) is -1.68. The number of amides is 1. The van der Waals surface area contributed by atoms with Gasteiger partial charge in [0, 0.05) is 18.2 Å². The van der Waals surface area contributed by atoms with Crippen molar-refractivity contribution < 1.29 is 19.6 Å². The first-order valence-corrected chi connectivity index (χ1v) is 5.36. The first kappa shape index (κ1) is 14.4. The Morgan fingerprint density at radius 3 is 2.42 bits per heavy atom. The Hall–Kier alpha value is -2.70. The fourth-order valence-electron chi connectivity index (χ4n) is 1.20. The molecule has 7 heteroatoms. The van der Waals surface area contributed by atoms with Crippen LogP contribution in [0.3, 0.4) is 0 Å². The lowest BCUT2D eigenvalue weighted by atomic mass is 10.2. The van der Waals surface area contributed by atoms with E-state index in [-0.39, 0.29) is 5.69 Å². The molecule has 0 bridgehead atoms. The van der Waals surface area contributed by atoms with E-state index in [1.807, 2.05) is 0 Å². The number of benzene rings is 1. The van der Waals surface area contributed by atoms with Crippen LogP contribution in [0.4, 0.5) is 5.69 Å². The first-order chi connectivity index (χ1) is 8.90. The van der Waals surface area contributed by atoms with E-state index in [0.29, 0.717) is 5.56 Å². The zero-order valence-electron chi connectivity index (χ0n) is 10.1. The van der Waals surface area contributed by atoms with Crippen molar-refractivity contribution in [3.8, 4) is 0 Å². The van der Waals surface area contributed by atoms with E-state index >= 15 is 0 Å². The Labute approximate surface area is 108 Å². The third-order valence-electron chi connectivity index (χ3n) is 2.26. The van der Waals surface area contributed by atoms with Crippen molar-refractivity contribution in [2.24, 2.45) is 0 Å². The number of hydrogen-bond donors (Lipinski definition) is 2. The number of carboxylic acids is 1. The zero-order valence-corrected chi connectivity index (χ0v) is 10.1. The van der Waals surface area contributed by atoms with Gasteiger partial charge in [-0.3, -0.25) is 19.7 Å². The molecule has 19 heavy (non-hydrogen) atoms. The molecule has 0 aliphatic carbocycles. The molecule has 7 nitrogen and oxygen atoms in total. The first-order valence-electron chi connectivity index (χ1n) is 5.36. The molecule has 0 aliphatic rings. The van der Waals surface area contributed by atoms with Gasteiger partial charge in [0.15, 0.2) is 0 Å². The summed E-state index contributed by atoms with van der Waals surface area (Å²) in [4.78, 5) is 31.8. The molecule has 0 unspecified atom stereocenters. The maximum atomic E-state index is 11.3. The van der Waals surface area contributed by atoms with Crippen molar-refractivity contribution in [2.75, 3.05) is 0 Å². The van der Waals surface area contributed by atoms with E-state index in [4.69, 9.17) is 5.11 Å². The molecular formula is C12H12N2O5. The minimum atomic E-state index is -1.13. The number of carbonyl (C=O) groups excluding carboxylic acids is 1. The fourth-order valence-corrected chi connectivity index (χ4v) is 1.20. The molecule has 0 radical (unpaired) electrons. The minimum Gasteiger partial charge on any atom is -0.480 e. The van der Waals surface area contributed by atoms with E-state index in [1.165, 1.54) is 43.3 Å². The number of rotatable bonds is 5. The van der Waals surface area contributed by atoms with Gasteiger partial charge in [-0.25, -0.2) is 0 Å². The number of carbonyl (C=O) groups is 2. The molecule has 0 saturated heterocycles. The summed E-state index contributed by atoms with van der Waals surface area (Å²) < 4.78 is 0. The highest BCUT2D eigenvalue weighted by atomic mass is 16.6. The van der Waals surface area contributed by atoms with Crippen LogP contribution in [0.5, 0.6) is 0 Å². The van der Waals surface area contributed by atoms with Gasteiger partial charge >= 0.3 is 5.97 Å². The van der Waals surface area contributed by atoms with Crippen LogP contribution in [0, 0.1) is 10.1 Å². The van der Waals surface area contributed by atoms with Crippen molar-refractivity contribution in [3.63, 3.8) is 0 Å². The van der Waals surface area contributed by atoms with E-state index in [2.05, 4.69) is 5.32 Å². The number of carboxylic acid groups (broad SMARTS) is 1. The molecule has 100 valence electrons. The summed E-state index contributed by atoms with van der Waals surface area (Å²) in [6, 6.07) is 4.63. The quantitative estimate of drug-likeness (QED) is 0.471. The lowest BCUT2D eigenvalue weighted by Gasteiger charge is -2.05. The van der Waals surface area contributed by atoms with Crippen LogP contribution in [0.1, 0.15) is 12.5 Å². The predicted octanol–water partition coefficient (Wildman–Crippen LogP) is 1.20. The normalized spacial score (nSPS) is 12.1. The van der Waals surface area contributed by atoms with Gasteiger partial charge in [0.1, 0.15) is 6.04 Å².